The molecule has 0 aromatic carbocycles. The lowest BCUT2D eigenvalue weighted by atomic mass is 10.2. The number of rotatable bonds is 4. The molecule has 3 rings (SSSR count). The molecule has 0 N–H and O–H groups in total. The van der Waals surface area contributed by atoms with Gasteiger partial charge in [0.05, 0.1) is 17.4 Å². The Balaban J connectivity index is 2.08. The average molecular weight is 321 g/mol. The van der Waals surface area contributed by atoms with Crippen LogP contribution >= 0.6 is 11.3 Å². The SMILES string of the molecule is COCc1nc(OC)c2c(C)c(C(=O)N3CCCC3)sc2n1. The Morgan fingerprint density at radius 2 is 2.00 bits per heavy atom. The molecule has 0 unspecified atom stereocenters. The van der Waals surface area contributed by atoms with Gasteiger partial charge in [0.15, 0.2) is 5.82 Å². The van der Waals surface area contributed by atoms with Crippen LogP contribution in [-0.4, -0.2) is 48.1 Å². The van der Waals surface area contributed by atoms with Crippen molar-refractivity contribution < 1.29 is 14.3 Å². The number of likely N-dealkylation sites (tertiary alicyclic amines) is 1. The zero-order valence-electron chi connectivity index (χ0n) is 13.0. The van der Waals surface area contributed by atoms with E-state index in [1.54, 1.807) is 14.2 Å². The highest BCUT2D eigenvalue weighted by Gasteiger charge is 2.26. The molecule has 1 amide bonds. The molecule has 22 heavy (non-hydrogen) atoms. The Bertz CT molecular complexity index is 708. The summed E-state index contributed by atoms with van der Waals surface area (Å²) in [6.45, 7) is 3.93. The minimum atomic E-state index is 0.0911. The molecule has 0 atom stereocenters. The molecule has 1 fully saturated rings. The summed E-state index contributed by atoms with van der Waals surface area (Å²) in [5.41, 5.74) is 0.901. The molecule has 1 aliphatic heterocycles. The van der Waals surface area contributed by atoms with E-state index in [1.807, 2.05) is 11.8 Å². The number of amides is 1. The normalized spacial score (nSPS) is 14.8. The lowest BCUT2D eigenvalue weighted by Crippen LogP contribution is -2.27. The summed E-state index contributed by atoms with van der Waals surface area (Å²) in [6, 6.07) is 0. The summed E-state index contributed by atoms with van der Waals surface area (Å²) < 4.78 is 10.5. The number of carbonyl (C=O) groups excluding carboxylic acids is 1. The molecule has 0 radical (unpaired) electrons. The van der Waals surface area contributed by atoms with Gasteiger partial charge in [0, 0.05) is 20.2 Å². The molecule has 3 heterocycles. The molecule has 0 spiro atoms. The van der Waals surface area contributed by atoms with Crippen molar-refractivity contribution in [2.75, 3.05) is 27.3 Å². The Morgan fingerprint density at radius 1 is 1.27 bits per heavy atom. The van der Waals surface area contributed by atoms with Gasteiger partial charge in [-0.3, -0.25) is 4.79 Å². The van der Waals surface area contributed by atoms with Gasteiger partial charge in [0.1, 0.15) is 11.4 Å². The van der Waals surface area contributed by atoms with Crippen LogP contribution < -0.4 is 4.74 Å². The molecule has 2 aromatic heterocycles. The summed E-state index contributed by atoms with van der Waals surface area (Å²) in [6.07, 6.45) is 2.16. The van der Waals surface area contributed by atoms with E-state index in [1.165, 1.54) is 11.3 Å². The first-order valence-electron chi connectivity index (χ1n) is 7.28. The quantitative estimate of drug-likeness (QED) is 0.865. The fourth-order valence-electron chi connectivity index (χ4n) is 2.75. The number of ether oxygens (including phenoxy) is 2. The van der Waals surface area contributed by atoms with E-state index in [-0.39, 0.29) is 5.91 Å². The number of hydrogen-bond donors (Lipinski definition) is 0. The van der Waals surface area contributed by atoms with E-state index in [2.05, 4.69) is 9.97 Å². The first-order valence-corrected chi connectivity index (χ1v) is 8.09. The highest BCUT2D eigenvalue weighted by atomic mass is 32.1. The van der Waals surface area contributed by atoms with Gasteiger partial charge < -0.3 is 14.4 Å². The molecule has 0 bridgehead atoms. The number of nitrogens with zero attached hydrogens (tertiary/aromatic N) is 3. The molecule has 118 valence electrons. The topological polar surface area (TPSA) is 64.6 Å². The Hall–Kier alpha value is -1.73. The van der Waals surface area contributed by atoms with Crippen LogP contribution in [0.5, 0.6) is 5.88 Å². The van der Waals surface area contributed by atoms with Crippen molar-refractivity contribution in [3.63, 3.8) is 0 Å². The Kier molecular flexibility index (Phi) is 4.26. The molecule has 1 saturated heterocycles. The highest BCUT2D eigenvalue weighted by molar-refractivity contribution is 7.20. The molecule has 0 saturated carbocycles. The third kappa shape index (κ3) is 2.55. The van der Waals surface area contributed by atoms with Gasteiger partial charge in [0.25, 0.3) is 5.91 Å². The zero-order valence-corrected chi connectivity index (χ0v) is 13.8. The predicted octanol–water partition coefficient (Wildman–Crippen LogP) is 2.39. The van der Waals surface area contributed by atoms with E-state index < -0.39 is 0 Å². The van der Waals surface area contributed by atoms with Gasteiger partial charge in [-0.15, -0.1) is 11.3 Å². The number of thiophene rings is 1. The summed E-state index contributed by atoms with van der Waals surface area (Å²) in [4.78, 5) is 25.0. The van der Waals surface area contributed by atoms with Crippen LogP contribution in [0.4, 0.5) is 0 Å². The third-order valence-corrected chi connectivity index (χ3v) is 5.03. The molecular formula is C15H19N3O3S. The first kappa shape index (κ1) is 15.2. The van der Waals surface area contributed by atoms with Crippen LogP contribution in [0.2, 0.25) is 0 Å². The maximum Gasteiger partial charge on any atom is 0.264 e. The monoisotopic (exact) mass is 321 g/mol. The fourth-order valence-corrected chi connectivity index (χ4v) is 3.91. The standard InChI is InChI=1S/C15H19N3O3S/c1-9-11-13(21-3)16-10(8-20-2)17-14(11)22-12(9)15(19)18-6-4-5-7-18/h4-8H2,1-3H3. The summed E-state index contributed by atoms with van der Waals surface area (Å²) in [5.74, 6) is 1.16. The van der Waals surface area contributed by atoms with Crippen molar-refractivity contribution in [3.05, 3.63) is 16.3 Å². The van der Waals surface area contributed by atoms with Gasteiger partial charge in [-0.25, -0.2) is 4.98 Å². The highest BCUT2D eigenvalue weighted by Crippen LogP contribution is 2.36. The minimum Gasteiger partial charge on any atom is -0.480 e. The van der Waals surface area contributed by atoms with E-state index in [0.29, 0.717) is 18.3 Å². The largest absolute Gasteiger partial charge is 0.480 e. The smallest absolute Gasteiger partial charge is 0.264 e. The predicted molar refractivity (Wildman–Crippen MR) is 84.6 cm³/mol. The van der Waals surface area contributed by atoms with Gasteiger partial charge >= 0.3 is 0 Å². The maximum absolute atomic E-state index is 12.7. The van der Waals surface area contributed by atoms with Crippen LogP contribution in [-0.2, 0) is 11.3 Å². The van der Waals surface area contributed by atoms with Crippen molar-refractivity contribution in [2.24, 2.45) is 0 Å². The van der Waals surface area contributed by atoms with Gasteiger partial charge in [-0.2, -0.15) is 4.98 Å². The lowest BCUT2D eigenvalue weighted by molar-refractivity contribution is 0.0797. The Morgan fingerprint density at radius 3 is 2.64 bits per heavy atom. The zero-order chi connectivity index (χ0) is 15.7. The second-order valence-corrected chi connectivity index (χ2v) is 6.32. The molecule has 0 aliphatic carbocycles. The van der Waals surface area contributed by atoms with Crippen LogP contribution in [0.25, 0.3) is 10.2 Å². The minimum absolute atomic E-state index is 0.0911. The van der Waals surface area contributed by atoms with E-state index in [0.717, 1.165) is 46.6 Å². The van der Waals surface area contributed by atoms with Crippen LogP contribution in [0.15, 0.2) is 0 Å². The molecule has 2 aromatic rings. The number of fused-ring (bicyclic) bond motifs is 1. The third-order valence-electron chi connectivity index (χ3n) is 3.86. The van der Waals surface area contributed by atoms with Gasteiger partial charge in [0.2, 0.25) is 5.88 Å². The second kappa shape index (κ2) is 6.18. The second-order valence-electron chi connectivity index (χ2n) is 5.32. The molecule has 7 heteroatoms. The van der Waals surface area contributed by atoms with Crippen LogP contribution in [0.1, 0.15) is 33.9 Å². The average Bonchev–Trinajstić information content (AvgIpc) is 3.15. The van der Waals surface area contributed by atoms with Crippen LogP contribution in [0.3, 0.4) is 0 Å². The summed E-state index contributed by atoms with van der Waals surface area (Å²) in [5, 5.41) is 0.829. The van der Waals surface area contributed by atoms with E-state index >= 15 is 0 Å². The van der Waals surface area contributed by atoms with Crippen molar-refractivity contribution in [1.82, 2.24) is 14.9 Å². The van der Waals surface area contributed by atoms with Gasteiger partial charge in [-0.05, 0) is 25.3 Å². The lowest BCUT2D eigenvalue weighted by Gasteiger charge is -2.14. The van der Waals surface area contributed by atoms with E-state index in [9.17, 15) is 4.79 Å². The number of hydrogen-bond acceptors (Lipinski definition) is 6. The fraction of sp³-hybridized carbons (Fsp3) is 0.533. The van der Waals surface area contributed by atoms with Crippen molar-refractivity contribution in [2.45, 2.75) is 26.4 Å². The first-order chi connectivity index (χ1) is 10.7. The van der Waals surface area contributed by atoms with Crippen LogP contribution in [0, 0.1) is 6.92 Å². The number of carbonyl (C=O) groups is 1. The number of aryl methyl sites for hydroxylation is 1. The molecule has 1 aliphatic rings. The number of methoxy groups -OCH3 is 2. The number of aromatic nitrogens is 2. The van der Waals surface area contributed by atoms with E-state index in [4.69, 9.17) is 9.47 Å². The van der Waals surface area contributed by atoms with Gasteiger partial charge in [-0.1, -0.05) is 0 Å². The van der Waals surface area contributed by atoms with Crippen molar-refractivity contribution in [1.29, 1.82) is 0 Å². The maximum atomic E-state index is 12.7. The summed E-state index contributed by atoms with van der Waals surface area (Å²) in [7, 11) is 3.18. The molecule has 6 nitrogen and oxygen atoms in total. The van der Waals surface area contributed by atoms with Crippen molar-refractivity contribution in [3.8, 4) is 5.88 Å². The molecular weight excluding hydrogens is 302 g/mol. The summed E-state index contributed by atoms with van der Waals surface area (Å²) >= 11 is 1.41. The van der Waals surface area contributed by atoms with Crippen molar-refractivity contribution >= 4 is 27.5 Å². The Labute approximate surface area is 133 Å².